The van der Waals surface area contributed by atoms with Gasteiger partial charge >= 0.3 is 0 Å². The van der Waals surface area contributed by atoms with Gasteiger partial charge in [-0.25, -0.2) is 0 Å². The van der Waals surface area contributed by atoms with Crippen molar-refractivity contribution in [3.05, 3.63) is 23.8 Å². The molecule has 0 heterocycles. The molecule has 0 aromatic heterocycles. The summed E-state index contributed by atoms with van der Waals surface area (Å²) < 4.78 is 4.99. The predicted molar refractivity (Wildman–Crippen MR) is 64.1 cm³/mol. The fourth-order valence-electron chi connectivity index (χ4n) is 1.12. The highest BCUT2D eigenvalue weighted by molar-refractivity contribution is 5.95. The molecular weight excluding hydrogens is 232 g/mol. The van der Waals surface area contributed by atoms with Gasteiger partial charge in [-0.1, -0.05) is 0 Å². The number of hydrogen-bond acceptors (Lipinski definition) is 4. The van der Waals surface area contributed by atoms with Crippen LogP contribution in [0.15, 0.2) is 18.2 Å². The van der Waals surface area contributed by atoms with E-state index < -0.39 is 0 Å². The number of ether oxygens (including phenoxy) is 1. The van der Waals surface area contributed by atoms with Crippen molar-refractivity contribution in [3.63, 3.8) is 0 Å². The molecule has 1 aromatic rings. The number of hydrogen-bond donors (Lipinski definition) is 3. The molecule has 0 fully saturated rings. The molecule has 0 aliphatic heterocycles. The molecule has 4 N–H and O–H groups in total. The lowest BCUT2D eigenvalue weighted by Gasteiger charge is -2.07. The number of halogens is 1. The van der Waals surface area contributed by atoms with E-state index in [2.05, 4.69) is 5.32 Å². The first-order valence-electron chi connectivity index (χ1n) is 4.51. The molecule has 16 heavy (non-hydrogen) atoms. The third-order valence-corrected chi connectivity index (χ3v) is 1.89. The first-order chi connectivity index (χ1) is 7.19. The van der Waals surface area contributed by atoms with Crippen LogP contribution in [-0.4, -0.2) is 31.3 Å². The van der Waals surface area contributed by atoms with Gasteiger partial charge in [0.15, 0.2) is 0 Å². The van der Waals surface area contributed by atoms with E-state index in [1.54, 1.807) is 18.2 Å². The number of benzene rings is 1. The molecule has 0 saturated heterocycles. The average Bonchev–Trinajstić information content (AvgIpc) is 2.26. The number of carbonyl (C=O) groups is 1. The van der Waals surface area contributed by atoms with Gasteiger partial charge in [-0.05, 0) is 18.2 Å². The Labute approximate surface area is 100 Å². The summed E-state index contributed by atoms with van der Waals surface area (Å²) >= 11 is 0. The van der Waals surface area contributed by atoms with E-state index in [4.69, 9.17) is 15.6 Å². The monoisotopic (exact) mass is 246 g/mol. The lowest BCUT2D eigenvalue weighted by Crippen LogP contribution is -2.26. The van der Waals surface area contributed by atoms with E-state index in [0.29, 0.717) is 17.0 Å². The molecule has 1 aromatic carbocycles. The lowest BCUT2D eigenvalue weighted by molar-refractivity contribution is 0.0944. The minimum Gasteiger partial charge on any atom is -0.495 e. The molecule has 0 aliphatic rings. The average molecular weight is 247 g/mol. The van der Waals surface area contributed by atoms with Gasteiger partial charge in [0.1, 0.15) is 5.75 Å². The highest BCUT2D eigenvalue weighted by Gasteiger charge is 2.07. The summed E-state index contributed by atoms with van der Waals surface area (Å²) in [5, 5.41) is 11.1. The van der Waals surface area contributed by atoms with E-state index in [0.717, 1.165) is 0 Å². The maximum atomic E-state index is 11.5. The fourth-order valence-corrected chi connectivity index (χ4v) is 1.12. The molecule has 6 heteroatoms. The molecule has 0 radical (unpaired) electrons. The van der Waals surface area contributed by atoms with Crippen molar-refractivity contribution < 1.29 is 14.6 Å². The maximum Gasteiger partial charge on any atom is 0.251 e. The number of nitrogen functional groups attached to an aromatic ring is 1. The summed E-state index contributed by atoms with van der Waals surface area (Å²) in [7, 11) is 1.49. The maximum absolute atomic E-state index is 11.5. The second-order valence-corrected chi connectivity index (χ2v) is 2.94. The Kier molecular flexibility index (Phi) is 6.29. The number of anilines is 1. The molecule has 0 bridgehead atoms. The second kappa shape index (κ2) is 6.92. The van der Waals surface area contributed by atoms with Gasteiger partial charge in [-0.2, -0.15) is 0 Å². The summed E-state index contributed by atoms with van der Waals surface area (Å²) in [6.07, 6.45) is 0. The molecule has 0 spiro atoms. The fraction of sp³-hybridized carbons (Fsp3) is 0.300. The van der Waals surface area contributed by atoms with Crippen LogP contribution in [0, 0.1) is 0 Å². The van der Waals surface area contributed by atoms with Crippen molar-refractivity contribution in [2.45, 2.75) is 0 Å². The minimum atomic E-state index is -0.262. The standard InChI is InChI=1S/C10H14N2O3.ClH/c1-15-9-6-7(2-3-8(9)11)10(14)12-4-5-13;/h2-3,6,13H,4-5,11H2,1H3,(H,12,14);1H. The summed E-state index contributed by atoms with van der Waals surface area (Å²) in [5.41, 5.74) is 6.54. The van der Waals surface area contributed by atoms with Gasteiger partial charge in [0, 0.05) is 12.1 Å². The number of aliphatic hydroxyl groups excluding tert-OH is 1. The first-order valence-corrected chi connectivity index (χ1v) is 4.51. The van der Waals surface area contributed by atoms with E-state index in [1.807, 2.05) is 0 Å². The third-order valence-electron chi connectivity index (χ3n) is 1.89. The molecule has 0 atom stereocenters. The van der Waals surface area contributed by atoms with Gasteiger partial charge in [0.2, 0.25) is 0 Å². The van der Waals surface area contributed by atoms with Crippen molar-refractivity contribution in [1.29, 1.82) is 0 Å². The summed E-state index contributed by atoms with van der Waals surface area (Å²) in [6.45, 7) is 0.142. The molecule has 5 nitrogen and oxygen atoms in total. The molecular formula is C10H15ClN2O3. The van der Waals surface area contributed by atoms with Gasteiger partial charge in [-0.3, -0.25) is 4.79 Å². The number of carbonyl (C=O) groups excluding carboxylic acids is 1. The van der Waals surface area contributed by atoms with E-state index in [1.165, 1.54) is 7.11 Å². The van der Waals surface area contributed by atoms with Crippen molar-refractivity contribution in [2.24, 2.45) is 0 Å². The smallest absolute Gasteiger partial charge is 0.251 e. The third kappa shape index (κ3) is 3.60. The summed E-state index contributed by atoms with van der Waals surface area (Å²) in [6, 6.07) is 4.76. The van der Waals surface area contributed by atoms with Gasteiger partial charge < -0.3 is 20.9 Å². The highest BCUT2D eigenvalue weighted by Crippen LogP contribution is 2.21. The summed E-state index contributed by atoms with van der Waals surface area (Å²) in [4.78, 5) is 11.5. The quantitative estimate of drug-likeness (QED) is 0.673. The minimum absolute atomic E-state index is 0. The Morgan fingerprint density at radius 3 is 2.81 bits per heavy atom. The first kappa shape index (κ1) is 14.5. The molecule has 0 aliphatic carbocycles. The number of aliphatic hydroxyl groups is 1. The topological polar surface area (TPSA) is 84.6 Å². The number of methoxy groups -OCH3 is 1. The zero-order valence-electron chi connectivity index (χ0n) is 8.90. The molecule has 90 valence electrons. The summed E-state index contributed by atoms with van der Waals surface area (Å²) in [5.74, 6) is 0.203. The second-order valence-electron chi connectivity index (χ2n) is 2.94. The van der Waals surface area contributed by atoms with Crippen LogP contribution in [0.4, 0.5) is 5.69 Å². The lowest BCUT2D eigenvalue weighted by atomic mass is 10.2. The predicted octanol–water partition coefficient (Wildman–Crippen LogP) is 0.421. The largest absolute Gasteiger partial charge is 0.495 e. The van der Waals surface area contributed by atoms with Crippen LogP contribution in [0.2, 0.25) is 0 Å². The van der Waals surface area contributed by atoms with Crippen LogP contribution in [0.1, 0.15) is 10.4 Å². The van der Waals surface area contributed by atoms with Gasteiger partial charge in [0.25, 0.3) is 5.91 Å². The number of nitrogens with one attached hydrogen (secondary N) is 1. The Bertz CT molecular complexity index is 358. The molecule has 0 unspecified atom stereocenters. The molecule has 0 saturated carbocycles. The van der Waals surface area contributed by atoms with Crippen LogP contribution in [0.25, 0.3) is 0 Å². The van der Waals surface area contributed by atoms with Gasteiger partial charge in [-0.15, -0.1) is 12.4 Å². The Hall–Kier alpha value is -1.46. The normalized spacial score (nSPS) is 9.12. The van der Waals surface area contributed by atoms with Crippen LogP contribution >= 0.6 is 12.4 Å². The van der Waals surface area contributed by atoms with Crippen molar-refractivity contribution >= 4 is 24.0 Å². The van der Waals surface area contributed by atoms with Crippen molar-refractivity contribution in [1.82, 2.24) is 5.32 Å². The van der Waals surface area contributed by atoms with E-state index in [9.17, 15) is 4.79 Å². The molecule has 1 rings (SSSR count). The Morgan fingerprint density at radius 1 is 1.56 bits per heavy atom. The number of amides is 1. The zero-order chi connectivity index (χ0) is 11.3. The van der Waals surface area contributed by atoms with E-state index in [-0.39, 0.29) is 31.5 Å². The number of nitrogens with two attached hydrogens (primary N) is 1. The van der Waals surface area contributed by atoms with Crippen LogP contribution in [0.3, 0.4) is 0 Å². The SMILES string of the molecule is COc1cc(C(=O)NCCO)ccc1N.Cl. The van der Waals surface area contributed by atoms with E-state index >= 15 is 0 Å². The number of rotatable bonds is 4. The zero-order valence-corrected chi connectivity index (χ0v) is 9.71. The van der Waals surface area contributed by atoms with Crippen LogP contribution < -0.4 is 15.8 Å². The Morgan fingerprint density at radius 2 is 2.25 bits per heavy atom. The van der Waals surface area contributed by atoms with Gasteiger partial charge in [0.05, 0.1) is 19.4 Å². The van der Waals surface area contributed by atoms with Crippen molar-refractivity contribution in [2.75, 3.05) is 26.0 Å². The van der Waals surface area contributed by atoms with Crippen molar-refractivity contribution in [3.8, 4) is 5.75 Å². The van der Waals surface area contributed by atoms with Crippen LogP contribution in [0.5, 0.6) is 5.75 Å². The highest BCUT2D eigenvalue weighted by atomic mass is 35.5. The molecule has 1 amide bonds. The Balaban J connectivity index is 0.00000225. The van der Waals surface area contributed by atoms with Crippen LogP contribution in [-0.2, 0) is 0 Å².